The van der Waals surface area contributed by atoms with Crippen molar-refractivity contribution in [2.75, 3.05) is 6.54 Å². The number of aromatic nitrogens is 3. The van der Waals surface area contributed by atoms with Gasteiger partial charge in [0, 0.05) is 24.9 Å². The Balaban J connectivity index is 1.78. The fraction of sp³-hybridized carbons (Fsp3) is 0.154. The topological polar surface area (TPSA) is 83.9 Å². The van der Waals surface area contributed by atoms with Crippen LogP contribution in [0, 0.1) is 11.3 Å². The van der Waals surface area contributed by atoms with Crippen molar-refractivity contribution in [2.45, 2.75) is 13.8 Å². The number of fused-ring (bicyclic) bond motifs is 1. The van der Waals surface area contributed by atoms with Crippen molar-refractivity contribution in [3.63, 3.8) is 0 Å². The van der Waals surface area contributed by atoms with Gasteiger partial charge in [0.2, 0.25) is 0 Å². The van der Waals surface area contributed by atoms with Gasteiger partial charge in [-0.1, -0.05) is 24.3 Å². The Hall–Kier alpha value is -4.22. The molecule has 8 heteroatoms. The third kappa shape index (κ3) is 3.21. The van der Waals surface area contributed by atoms with Crippen LogP contribution in [0.25, 0.3) is 33.6 Å². The highest BCUT2D eigenvalue weighted by molar-refractivity contribution is 7.13. The molecule has 3 aromatic heterocycles. The van der Waals surface area contributed by atoms with E-state index in [0.717, 1.165) is 38.1 Å². The van der Waals surface area contributed by atoms with Gasteiger partial charge >= 0.3 is 0 Å². The van der Waals surface area contributed by atoms with Gasteiger partial charge in [0.05, 0.1) is 16.1 Å². The molecule has 0 aliphatic carbocycles. The number of rotatable bonds is 4. The highest BCUT2D eigenvalue weighted by Gasteiger charge is 2.34. The number of hydrogen-bond donors (Lipinski definition) is 0. The Morgan fingerprint density at radius 3 is 2.53 bits per heavy atom. The van der Waals surface area contributed by atoms with Gasteiger partial charge in [-0.2, -0.15) is 5.26 Å². The number of hydrogen-bond acceptors (Lipinski definition) is 5. The van der Waals surface area contributed by atoms with Gasteiger partial charge in [0.15, 0.2) is 11.5 Å². The molecule has 0 radical (unpaired) electrons. The third-order valence-electron chi connectivity index (χ3n) is 6.06. The smallest absolute Gasteiger partial charge is 0.271 e. The van der Waals surface area contributed by atoms with Gasteiger partial charge in [0.1, 0.15) is 11.6 Å². The quantitative estimate of drug-likeness (QED) is 0.322. The number of carbonyl (C=O) groups is 2. The van der Waals surface area contributed by atoms with E-state index in [2.05, 4.69) is 0 Å². The minimum absolute atomic E-state index is 0.00632. The number of imidazole rings is 1. The molecule has 7 nitrogen and oxygen atoms in total. The lowest BCUT2D eigenvalue weighted by Gasteiger charge is -2.26. The predicted molar refractivity (Wildman–Crippen MR) is 132 cm³/mol. The Labute approximate surface area is 200 Å². The number of nitrogens with zero attached hydrogens (tertiary/aromatic N) is 5. The molecule has 0 spiro atoms. The van der Waals surface area contributed by atoms with Gasteiger partial charge in [-0.3, -0.25) is 19.1 Å². The average Bonchev–Trinajstić information content (AvgIpc) is 3.55. The van der Waals surface area contributed by atoms with Crippen molar-refractivity contribution < 1.29 is 9.59 Å². The molecule has 1 aliphatic heterocycles. The molecule has 0 N–H and O–H groups in total. The average molecular weight is 468 g/mol. The molecule has 4 aromatic rings. The van der Waals surface area contributed by atoms with E-state index in [1.54, 1.807) is 31.3 Å². The molecule has 0 saturated heterocycles. The molecule has 0 unspecified atom stereocenters. The van der Waals surface area contributed by atoms with Gasteiger partial charge in [0.25, 0.3) is 11.8 Å². The van der Waals surface area contributed by atoms with Crippen LogP contribution < -0.4 is 0 Å². The highest BCUT2D eigenvalue weighted by atomic mass is 32.1. The van der Waals surface area contributed by atoms with E-state index in [1.165, 1.54) is 0 Å². The zero-order chi connectivity index (χ0) is 24.0. The van der Waals surface area contributed by atoms with E-state index >= 15 is 0 Å². The standard InChI is InChI=1S/C26H21N5O2S/c1-4-30-25(32)19(16(2)20(15-27)26(30)33)13-18-14-21-23(31(18)17-9-6-5-7-10-17)28-24(29(21)3)22-11-8-12-34-22/h5-14H,4H2,1-3H3/b19-13-. The van der Waals surface area contributed by atoms with Crippen LogP contribution in [-0.4, -0.2) is 37.4 Å². The predicted octanol–water partition coefficient (Wildman–Crippen LogP) is 4.70. The lowest BCUT2D eigenvalue weighted by atomic mass is 9.94. The first kappa shape index (κ1) is 21.6. The Bertz CT molecular complexity index is 1550. The molecule has 1 aliphatic rings. The van der Waals surface area contributed by atoms with Crippen molar-refractivity contribution in [1.82, 2.24) is 19.0 Å². The molecule has 34 heavy (non-hydrogen) atoms. The van der Waals surface area contributed by atoms with Crippen LogP contribution in [0.15, 0.2) is 70.6 Å². The fourth-order valence-corrected chi connectivity index (χ4v) is 5.04. The van der Waals surface area contributed by atoms with Crippen molar-refractivity contribution in [3.8, 4) is 22.5 Å². The van der Waals surface area contributed by atoms with E-state index in [0.29, 0.717) is 11.1 Å². The summed E-state index contributed by atoms with van der Waals surface area (Å²) >= 11 is 1.63. The summed E-state index contributed by atoms with van der Waals surface area (Å²) in [6.07, 6.45) is 1.75. The van der Waals surface area contributed by atoms with E-state index in [9.17, 15) is 14.9 Å². The van der Waals surface area contributed by atoms with E-state index in [-0.39, 0.29) is 12.1 Å². The molecule has 0 atom stereocenters. The monoisotopic (exact) mass is 467 g/mol. The Morgan fingerprint density at radius 2 is 1.88 bits per heavy atom. The number of benzene rings is 1. The maximum absolute atomic E-state index is 13.2. The number of para-hydroxylation sites is 1. The van der Waals surface area contributed by atoms with E-state index < -0.39 is 11.8 Å². The fourth-order valence-electron chi connectivity index (χ4n) is 4.30. The molecule has 0 fully saturated rings. The maximum Gasteiger partial charge on any atom is 0.271 e. The summed E-state index contributed by atoms with van der Waals surface area (Å²) in [4.78, 5) is 32.9. The normalized spacial score (nSPS) is 15.6. The summed E-state index contributed by atoms with van der Waals surface area (Å²) in [7, 11) is 1.97. The van der Waals surface area contributed by atoms with Crippen molar-refractivity contribution in [2.24, 2.45) is 7.05 Å². The highest BCUT2D eigenvalue weighted by Crippen LogP contribution is 2.33. The lowest BCUT2D eigenvalue weighted by Crippen LogP contribution is -2.42. The summed E-state index contributed by atoms with van der Waals surface area (Å²) in [5, 5.41) is 11.6. The molecule has 168 valence electrons. The summed E-state index contributed by atoms with van der Waals surface area (Å²) < 4.78 is 4.04. The molecule has 4 heterocycles. The number of carbonyl (C=O) groups excluding carboxylic acids is 2. The zero-order valence-electron chi connectivity index (χ0n) is 18.9. The minimum Gasteiger partial charge on any atom is -0.325 e. The first-order valence-corrected chi connectivity index (χ1v) is 11.7. The third-order valence-corrected chi connectivity index (χ3v) is 6.93. The van der Waals surface area contributed by atoms with Crippen LogP contribution in [0.3, 0.4) is 0 Å². The molecule has 1 aromatic carbocycles. The van der Waals surface area contributed by atoms with Gasteiger partial charge in [-0.05, 0) is 55.1 Å². The molecule has 0 saturated carbocycles. The molecular formula is C26H21N5O2S. The van der Waals surface area contributed by atoms with Crippen LogP contribution in [0.2, 0.25) is 0 Å². The SMILES string of the molecule is CCN1C(=O)C(C#N)=C(C)/C(=C/c2cc3c(nc(-c4cccs4)n3C)n2-c2ccccc2)C1=O. The molecule has 2 amide bonds. The zero-order valence-corrected chi connectivity index (χ0v) is 19.8. The second-order valence-electron chi connectivity index (χ2n) is 7.95. The second kappa shape index (κ2) is 8.28. The number of amides is 2. The van der Waals surface area contributed by atoms with Gasteiger partial charge in [-0.15, -0.1) is 11.3 Å². The largest absolute Gasteiger partial charge is 0.325 e. The summed E-state index contributed by atoms with van der Waals surface area (Å²) in [6.45, 7) is 3.57. The Kier molecular flexibility index (Phi) is 5.27. The van der Waals surface area contributed by atoms with Crippen LogP contribution in [0.5, 0.6) is 0 Å². The molecule has 5 rings (SSSR count). The minimum atomic E-state index is -0.546. The van der Waals surface area contributed by atoms with Crippen LogP contribution >= 0.6 is 11.3 Å². The second-order valence-corrected chi connectivity index (χ2v) is 8.89. The number of imide groups is 1. The number of aryl methyl sites for hydroxylation is 1. The maximum atomic E-state index is 13.2. The van der Waals surface area contributed by atoms with Crippen LogP contribution in [0.4, 0.5) is 0 Å². The lowest BCUT2D eigenvalue weighted by molar-refractivity contribution is -0.140. The van der Waals surface area contributed by atoms with Crippen molar-refractivity contribution in [1.29, 1.82) is 5.26 Å². The van der Waals surface area contributed by atoms with Crippen LogP contribution in [0.1, 0.15) is 19.5 Å². The molecular weight excluding hydrogens is 446 g/mol. The number of nitriles is 1. The molecule has 0 bridgehead atoms. The van der Waals surface area contributed by atoms with E-state index in [1.807, 2.05) is 76.2 Å². The number of likely N-dealkylation sites (N-methyl/N-ethyl adjacent to an activating group) is 1. The van der Waals surface area contributed by atoms with Gasteiger partial charge < -0.3 is 4.57 Å². The van der Waals surface area contributed by atoms with E-state index in [4.69, 9.17) is 4.98 Å². The van der Waals surface area contributed by atoms with Crippen molar-refractivity contribution >= 4 is 40.4 Å². The van der Waals surface area contributed by atoms with Crippen LogP contribution in [-0.2, 0) is 16.6 Å². The first-order chi connectivity index (χ1) is 16.5. The van der Waals surface area contributed by atoms with Gasteiger partial charge in [-0.25, -0.2) is 4.98 Å². The Morgan fingerprint density at radius 1 is 1.12 bits per heavy atom. The number of thiophene rings is 1. The summed E-state index contributed by atoms with van der Waals surface area (Å²) in [5.74, 6) is -0.0835. The first-order valence-electron chi connectivity index (χ1n) is 10.8. The summed E-state index contributed by atoms with van der Waals surface area (Å²) in [5.41, 5.74) is 4.02. The summed E-state index contributed by atoms with van der Waals surface area (Å²) in [6, 6.07) is 17.8. The van der Waals surface area contributed by atoms with Crippen molar-refractivity contribution in [3.05, 3.63) is 76.3 Å².